The molecule has 0 heterocycles. The molecule has 0 saturated heterocycles. The molecule has 1 aliphatic rings. The summed E-state index contributed by atoms with van der Waals surface area (Å²) in [6.45, 7) is 1.92. The van der Waals surface area contributed by atoms with Gasteiger partial charge in [-0.3, -0.25) is 0 Å². The van der Waals surface area contributed by atoms with Crippen LogP contribution in [-0.2, 0) is 10.0 Å². The van der Waals surface area contributed by atoms with Gasteiger partial charge in [0.1, 0.15) is 0 Å². The SMILES string of the molecule is C[C@H](Nc1ccc(S(=O)(=O)NC2CCCC2)cc1C(=O)O)c1ccccc1. The molecule has 2 aromatic carbocycles. The zero-order valence-corrected chi connectivity index (χ0v) is 16.0. The molecule has 1 saturated carbocycles. The van der Waals surface area contributed by atoms with Crippen molar-refractivity contribution in [3.8, 4) is 0 Å². The minimum absolute atomic E-state index is 0.0234. The van der Waals surface area contributed by atoms with E-state index in [0.717, 1.165) is 31.2 Å². The van der Waals surface area contributed by atoms with Crippen LogP contribution < -0.4 is 10.0 Å². The summed E-state index contributed by atoms with van der Waals surface area (Å²) in [7, 11) is -3.74. The number of anilines is 1. The van der Waals surface area contributed by atoms with Gasteiger partial charge in [-0.25, -0.2) is 17.9 Å². The monoisotopic (exact) mass is 388 g/mol. The fourth-order valence-corrected chi connectivity index (χ4v) is 4.71. The number of rotatable bonds is 7. The molecule has 3 rings (SSSR count). The van der Waals surface area contributed by atoms with E-state index >= 15 is 0 Å². The van der Waals surface area contributed by atoms with Crippen LogP contribution >= 0.6 is 0 Å². The van der Waals surface area contributed by atoms with Gasteiger partial charge in [0.15, 0.2) is 0 Å². The van der Waals surface area contributed by atoms with Gasteiger partial charge in [-0.1, -0.05) is 43.2 Å². The summed E-state index contributed by atoms with van der Waals surface area (Å²) < 4.78 is 27.9. The number of carbonyl (C=O) groups is 1. The lowest BCUT2D eigenvalue weighted by Gasteiger charge is -2.18. The lowest BCUT2D eigenvalue weighted by atomic mass is 10.1. The van der Waals surface area contributed by atoms with Crippen molar-refractivity contribution in [1.29, 1.82) is 0 Å². The van der Waals surface area contributed by atoms with Crippen molar-refractivity contribution >= 4 is 21.7 Å². The first-order valence-electron chi connectivity index (χ1n) is 9.08. The third-order valence-electron chi connectivity index (χ3n) is 4.88. The largest absolute Gasteiger partial charge is 0.478 e. The Morgan fingerprint density at radius 2 is 1.78 bits per heavy atom. The van der Waals surface area contributed by atoms with Gasteiger partial charge in [-0.15, -0.1) is 0 Å². The molecule has 0 spiro atoms. The predicted molar refractivity (Wildman–Crippen MR) is 104 cm³/mol. The summed E-state index contributed by atoms with van der Waals surface area (Å²) in [5, 5.41) is 12.7. The van der Waals surface area contributed by atoms with Gasteiger partial charge in [-0.05, 0) is 43.5 Å². The number of hydrogen-bond donors (Lipinski definition) is 3. The lowest BCUT2D eigenvalue weighted by Crippen LogP contribution is -2.32. The Morgan fingerprint density at radius 3 is 2.41 bits per heavy atom. The van der Waals surface area contributed by atoms with Gasteiger partial charge in [-0.2, -0.15) is 0 Å². The van der Waals surface area contributed by atoms with Gasteiger partial charge >= 0.3 is 5.97 Å². The van der Waals surface area contributed by atoms with E-state index in [4.69, 9.17) is 0 Å². The quantitative estimate of drug-likeness (QED) is 0.671. The Morgan fingerprint density at radius 1 is 1.11 bits per heavy atom. The fraction of sp³-hybridized carbons (Fsp3) is 0.350. The van der Waals surface area contributed by atoms with E-state index in [0.29, 0.717) is 5.69 Å². The summed E-state index contributed by atoms with van der Waals surface area (Å²) in [6.07, 6.45) is 3.65. The first kappa shape index (κ1) is 19.4. The average Bonchev–Trinajstić information content (AvgIpc) is 3.14. The number of sulfonamides is 1. The normalized spacial score (nSPS) is 16.2. The highest BCUT2D eigenvalue weighted by Gasteiger charge is 2.24. The molecule has 6 nitrogen and oxygen atoms in total. The Bertz CT molecular complexity index is 907. The van der Waals surface area contributed by atoms with Gasteiger partial charge in [0.05, 0.1) is 10.5 Å². The zero-order valence-electron chi connectivity index (χ0n) is 15.2. The highest BCUT2D eigenvalue weighted by Crippen LogP contribution is 2.26. The van der Waals surface area contributed by atoms with E-state index in [1.54, 1.807) is 0 Å². The van der Waals surface area contributed by atoms with Gasteiger partial charge in [0, 0.05) is 17.8 Å². The van der Waals surface area contributed by atoms with E-state index in [2.05, 4.69) is 10.0 Å². The molecule has 1 aliphatic carbocycles. The summed E-state index contributed by atoms with van der Waals surface area (Å²) in [5.74, 6) is -1.17. The number of hydrogen-bond acceptors (Lipinski definition) is 4. The van der Waals surface area contributed by atoms with Crippen LogP contribution in [0.3, 0.4) is 0 Å². The van der Waals surface area contributed by atoms with Crippen molar-refractivity contribution in [2.24, 2.45) is 0 Å². The second-order valence-electron chi connectivity index (χ2n) is 6.89. The highest BCUT2D eigenvalue weighted by molar-refractivity contribution is 7.89. The van der Waals surface area contributed by atoms with E-state index in [9.17, 15) is 18.3 Å². The first-order chi connectivity index (χ1) is 12.9. The zero-order chi connectivity index (χ0) is 19.4. The standard InChI is InChI=1S/C20H24N2O4S/c1-14(15-7-3-2-4-8-15)21-19-12-11-17(13-18(19)20(23)24)27(25,26)22-16-9-5-6-10-16/h2-4,7-8,11-14,16,21-22H,5-6,9-10H2,1H3,(H,23,24)/t14-/m0/s1. The molecular formula is C20H24N2O4S. The summed E-state index contributed by atoms with van der Waals surface area (Å²) >= 11 is 0. The van der Waals surface area contributed by atoms with Gasteiger partial charge < -0.3 is 10.4 Å². The average molecular weight is 388 g/mol. The van der Waals surface area contributed by atoms with Crippen LogP contribution in [0.4, 0.5) is 5.69 Å². The maximum Gasteiger partial charge on any atom is 0.337 e. The van der Waals surface area contributed by atoms with E-state index < -0.39 is 16.0 Å². The van der Waals surface area contributed by atoms with Crippen molar-refractivity contribution in [2.45, 2.75) is 49.6 Å². The Balaban J connectivity index is 1.85. The summed E-state index contributed by atoms with van der Waals surface area (Å²) in [6, 6.07) is 13.6. The number of carboxylic acid groups (broad SMARTS) is 1. The van der Waals surface area contributed by atoms with E-state index in [-0.39, 0.29) is 22.5 Å². The molecule has 144 valence electrons. The molecule has 0 radical (unpaired) electrons. The van der Waals surface area contributed by atoms with Crippen LogP contribution in [-0.4, -0.2) is 25.5 Å². The number of aromatic carboxylic acids is 1. The number of carboxylic acids is 1. The molecule has 2 aromatic rings. The maximum atomic E-state index is 12.6. The fourth-order valence-electron chi connectivity index (χ4n) is 3.38. The molecule has 3 N–H and O–H groups in total. The van der Waals surface area contributed by atoms with Crippen LogP contribution in [0.1, 0.15) is 54.6 Å². The highest BCUT2D eigenvalue weighted by atomic mass is 32.2. The molecule has 0 bridgehead atoms. The van der Waals surface area contributed by atoms with Crippen molar-refractivity contribution in [3.05, 3.63) is 59.7 Å². The second-order valence-corrected chi connectivity index (χ2v) is 8.61. The van der Waals surface area contributed by atoms with E-state index in [1.807, 2.05) is 37.3 Å². The Labute approximate surface area is 159 Å². The first-order valence-corrected chi connectivity index (χ1v) is 10.6. The molecule has 0 aliphatic heterocycles. The molecule has 0 unspecified atom stereocenters. The van der Waals surface area contributed by atoms with Crippen molar-refractivity contribution < 1.29 is 18.3 Å². The third kappa shape index (κ3) is 4.67. The number of nitrogens with one attached hydrogen (secondary N) is 2. The molecular weight excluding hydrogens is 364 g/mol. The van der Waals surface area contributed by atoms with Crippen LogP contribution in [0.25, 0.3) is 0 Å². The molecule has 1 fully saturated rings. The molecule has 7 heteroatoms. The minimum Gasteiger partial charge on any atom is -0.478 e. The summed E-state index contributed by atoms with van der Waals surface area (Å²) in [4.78, 5) is 11.7. The lowest BCUT2D eigenvalue weighted by molar-refractivity contribution is 0.0697. The Hall–Kier alpha value is -2.38. The van der Waals surface area contributed by atoms with Gasteiger partial charge in [0.25, 0.3) is 0 Å². The smallest absolute Gasteiger partial charge is 0.337 e. The van der Waals surface area contributed by atoms with Crippen LogP contribution in [0.5, 0.6) is 0 Å². The predicted octanol–water partition coefficient (Wildman–Crippen LogP) is 3.78. The number of benzene rings is 2. The maximum absolute atomic E-state index is 12.6. The van der Waals surface area contributed by atoms with Crippen molar-refractivity contribution in [1.82, 2.24) is 4.72 Å². The van der Waals surface area contributed by atoms with E-state index in [1.165, 1.54) is 18.2 Å². The summed E-state index contributed by atoms with van der Waals surface area (Å²) in [5.41, 5.74) is 1.33. The molecule has 1 atom stereocenters. The molecule has 27 heavy (non-hydrogen) atoms. The minimum atomic E-state index is -3.74. The van der Waals surface area contributed by atoms with Crippen LogP contribution in [0.2, 0.25) is 0 Å². The third-order valence-corrected chi connectivity index (χ3v) is 6.40. The van der Waals surface area contributed by atoms with Crippen molar-refractivity contribution in [3.63, 3.8) is 0 Å². The van der Waals surface area contributed by atoms with Crippen LogP contribution in [0, 0.1) is 0 Å². The second kappa shape index (κ2) is 8.10. The van der Waals surface area contributed by atoms with Gasteiger partial charge in [0.2, 0.25) is 10.0 Å². The van der Waals surface area contributed by atoms with Crippen molar-refractivity contribution in [2.75, 3.05) is 5.32 Å². The molecule has 0 aromatic heterocycles. The topological polar surface area (TPSA) is 95.5 Å². The van der Waals surface area contributed by atoms with Crippen LogP contribution in [0.15, 0.2) is 53.4 Å². The molecule has 0 amide bonds. The Kier molecular flexibility index (Phi) is 5.82.